The zero-order valence-electron chi connectivity index (χ0n) is 11.5. The standard InChI is InChI=1S/C17H25N/c1-15(14-17-12-5-6-13-18-17)8-7-11-16-9-3-2-4-10-16/h2-4,8-10,17-18H,5-7,11-14H2,1H3/b15-8-. The van der Waals surface area contributed by atoms with Gasteiger partial charge in [-0.25, -0.2) is 0 Å². The maximum absolute atomic E-state index is 3.62. The van der Waals surface area contributed by atoms with Gasteiger partial charge < -0.3 is 5.32 Å². The quantitative estimate of drug-likeness (QED) is 0.768. The van der Waals surface area contributed by atoms with Crippen molar-refractivity contribution < 1.29 is 0 Å². The molecule has 0 aliphatic carbocycles. The lowest BCUT2D eigenvalue weighted by molar-refractivity contribution is 0.398. The smallest absolute Gasteiger partial charge is 0.0104 e. The monoisotopic (exact) mass is 243 g/mol. The van der Waals surface area contributed by atoms with Crippen molar-refractivity contribution in [2.45, 2.75) is 51.5 Å². The molecular formula is C17H25N. The Morgan fingerprint density at radius 1 is 1.28 bits per heavy atom. The lowest BCUT2D eigenvalue weighted by atomic mass is 9.97. The first kappa shape index (κ1) is 13.4. The average molecular weight is 243 g/mol. The molecule has 1 atom stereocenters. The molecule has 0 spiro atoms. The second-order valence-electron chi connectivity index (χ2n) is 5.43. The van der Waals surface area contributed by atoms with Crippen LogP contribution in [0.25, 0.3) is 0 Å². The Bertz CT molecular complexity index is 360. The van der Waals surface area contributed by atoms with Gasteiger partial charge in [0.15, 0.2) is 0 Å². The Labute approximate surface area is 111 Å². The van der Waals surface area contributed by atoms with Crippen molar-refractivity contribution in [3.8, 4) is 0 Å². The lowest BCUT2D eigenvalue weighted by Crippen LogP contribution is -2.33. The maximum atomic E-state index is 3.62. The third-order valence-electron chi connectivity index (χ3n) is 3.75. The molecule has 0 radical (unpaired) electrons. The minimum atomic E-state index is 0.728. The maximum Gasteiger partial charge on any atom is 0.0104 e. The Morgan fingerprint density at radius 3 is 2.83 bits per heavy atom. The van der Waals surface area contributed by atoms with E-state index >= 15 is 0 Å². The van der Waals surface area contributed by atoms with Crippen molar-refractivity contribution in [3.63, 3.8) is 0 Å². The highest BCUT2D eigenvalue weighted by molar-refractivity contribution is 5.15. The molecule has 98 valence electrons. The summed E-state index contributed by atoms with van der Waals surface area (Å²) in [6, 6.07) is 11.5. The fraction of sp³-hybridized carbons (Fsp3) is 0.529. The van der Waals surface area contributed by atoms with E-state index in [9.17, 15) is 0 Å². The Morgan fingerprint density at radius 2 is 2.11 bits per heavy atom. The van der Waals surface area contributed by atoms with E-state index in [2.05, 4.69) is 48.6 Å². The topological polar surface area (TPSA) is 12.0 Å². The molecule has 0 amide bonds. The van der Waals surface area contributed by atoms with Crippen LogP contribution in [0.3, 0.4) is 0 Å². The fourth-order valence-corrected chi connectivity index (χ4v) is 2.70. The van der Waals surface area contributed by atoms with Crippen molar-refractivity contribution in [1.29, 1.82) is 0 Å². The van der Waals surface area contributed by atoms with Crippen molar-refractivity contribution >= 4 is 0 Å². The number of benzene rings is 1. The Kier molecular flexibility index (Phi) is 5.47. The largest absolute Gasteiger partial charge is 0.314 e. The molecule has 18 heavy (non-hydrogen) atoms. The van der Waals surface area contributed by atoms with E-state index in [4.69, 9.17) is 0 Å². The Balaban J connectivity index is 1.71. The SMILES string of the molecule is C/C(=C/CCc1ccccc1)CC1CCCCN1. The van der Waals surface area contributed by atoms with Crippen molar-refractivity contribution in [1.82, 2.24) is 5.32 Å². The van der Waals surface area contributed by atoms with E-state index < -0.39 is 0 Å². The number of rotatable bonds is 5. The summed E-state index contributed by atoms with van der Waals surface area (Å²) in [5.41, 5.74) is 2.99. The number of piperidine rings is 1. The first-order chi connectivity index (χ1) is 8.84. The van der Waals surface area contributed by atoms with Gasteiger partial charge in [0.2, 0.25) is 0 Å². The first-order valence-corrected chi connectivity index (χ1v) is 7.27. The normalized spacial score (nSPS) is 20.9. The van der Waals surface area contributed by atoms with Crippen molar-refractivity contribution in [2.75, 3.05) is 6.54 Å². The molecule has 1 heteroatoms. The van der Waals surface area contributed by atoms with E-state index in [0.29, 0.717) is 0 Å². The van der Waals surface area contributed by atoms with E-state index in [-0.39, 0.29) is 0 Å². The van der Waals surface area contributed by atoms with Gasteiger partial charge in [-0.1, -0.05) is 48.4 Å². The van der Waals surface area contributed by atoms with Gasteiger partial charge in [-0.05, 0) is 51.1 Å². The predicted octanol–water partition coefficient (Wildman–Crippen LogP) is 4.10. The molecule has 0 bridgehead atoms. The van der Waals surface area contributed by atoms with Crippen LogP contribution in [0.15, 0.2) is 42.0 Å². The van der Waals surface area contributed by atoms with Crippen LogP contribution in [-0.2, 0) is 6.42 Å². The van der Waals surface area contributed by atoms with Gasteiger partial charge in [0, 0.05) is 6.04 Å². The molecular weight excluding hydrogens is 218 g/mol. The molecule has 1 N–H and O–H groups in total. The van der Waals surface area contributed by atoms with E-state index in [1.807, 2.05) is 0 Å². The van der Waals surface area contributed by atoms with Crippen LogP contribution in [-0.4, -0.2) is 12.6 Å². The second-order valence-corrected chi connectivity index (χ2v) is 5.43. The van der Waals surface area contributed by atoms with E-state index in [1.54, 1.807) is 5.57 Å². The van der Waals surface area contributed by atoms with Crippen LogP contribution < -0.4 is 5.32 Å². The number of aryl methyl sites for hydroxylation is 1. The molecule has 1 unspecified atom stereocenters. The summed E-state index contributed by atoms with van der Waals surface area (Å²) in [6.45, 7) is 3.49. The molecule has 1 aromatic carbocycles. The summed E-state index contributed by atoms with van der Waals surface area (Å²) < 4.78 is 0. The molecule has 1 heterocycles. The number of allylic oxidation sites excluding steroid dienone is 1. The Hall–Kier alpha value is -1.08. The zero-order valence-corrected chi connectivity index (χ0v) is 11.5. The van der Waals surface area contributed by atoms with Crippen LogP contribution in [0.2, 0.25) is 0 Å². The van der Waals surface area contributed by atoms with Gasteiger partial charge in [0.05, 0.1) is 0 Å². The molecule has 1 fully saturated rings. The molecule has 1 aliphatic rings. The van der Waals surface area contributed by atoms with Gasteiger partial charge >= 0.3 is 0 Å². The van der Waals surface area contributed by atoms with Crippen LogP contribution in [0.5, 0.6) is 0 Å². The van der Waals surface area contributed by atoms with Gasteiger partial charge in [-0.15, -0.1) is 0 Å². The number of hydrogen-bond acceptors (Lipinski definition) is 1. The summed E-state index contributed by atoms with van der Waals surface area (Å²) in [4.78, 5) is 0. The van der Waals surface area contributed by atoms with Crippen LogP contribution in [0, 0.1) is 0 Å². The highest BCUT2D eigenvalue weighted by atomic mass is 14.9. The van der Waals surface area contributed by atoms with Gasteiger partial charge in [-0.3, -0.25) is 0 Å². The second kappa shape index (κ2) is 7.38. The summed E-state index contributed by atoms with van der Waals surface area (Å²) >= 11 is 0. The molecule has 1 aromatic rings. The van der Waals surface area contributed by atoms with Gasteiger partial charge in [0.1, 0.15) is 0 Å². The van der Waals surface area contributed by atoms with Crippen molar-refractivity contribution in [3.05, 3.63) is 47.5 Å². The predicted molar refractivity (Wildman–Crippen MR) is 78.8 cm³/mol. The van der Waals surface area contributed by atoms with Gasteiger partial charge in [-0.2, -0.15) is 0 Å². The highest BCUT2D eigenvalue weighted by Gasteiger charge is 2.12. The molecule has 1 aliphatic heterocycles. The molecule has 0 aromatic heterocycles. The van der Waals surface area contributed by atoms with E-state index in [0.717, 1.165) is 12.5 Å². The fourth-order valence-electron chi connectivity index (χ4n) is 2.70. The van der Waals surface area contributed by atoms with Crippen LogP contribution >= 0.6 is 0 Å². The minimum absolute atomic E-state index is 0.728. The van der Waals surface area contributed by atoms with E-state index in [1.165, 1.54) is 44.2 Å². The average Bonchev–Trinajstić information content (AvgIpc) is 2.41. The highest BCUT2D eigenvalue weighted by Crippen LogP contribution is 2.15. The third kappa shape index (κ3) is 4.66. The van der Waals surface area contributed by atoms with Gasteiger partial charge in [0.25, 0.3) is 0 Å². The zero-order chi connectivity index (χ0) is 12.6. The first-order valence-electron chi connectivity index (χ1n) is 7.27. The molecule has 1 nitrogen and oxygen atoms in total. The van der Waals surface area contributed by atoms with Crippen LogP contribution in [0.1, 0.15) is 44.6 Å². The van der Waals surface area contributed by atoms with Crippen LogP contribution in [0.4, 0.5) is 0 Å². The minimum Gasteiger partial charge on any atom is -0.314 e. The molecule has 0 saturated carbocycles. The van der Waals surface area contributed by atoms with Crippen molar-refractivity contribution in [2.24, 2.45) is 0 Å². The summed E-state index contributed by atoms with van der Waals surface area (Å²) in [5.74, 6) is 0. The number of nitrogens with one attached hydrogen (secondary N) is 1. The molecule has 1 saturated heterocycles. The lowest BCUT2D eigenvalue weighted by Gasteiger charge is -2.23. The third-order valence-corrected chi connectivity index (χ3v) is 3.75. The summed E-state index contributed by atoms with van der Waals surface area (Å²) in [5, 5.41) is 3.62. The summed E-state index contributed by atoms with van der Waals surface area (Å²) in [7, 11) is 0. The summed E-state index contributed by atoms with van der Waals surface area (Å²) in [6.07, 6.45) is 10.1. The molecule has 2 rings (SSSR count). The number of hydrogen-bond donors (Lipinski definition) is 1.